The van der Waals surface area contributed by atoms with Gasteiger partial charge in [0.1, 0.15) is 24.3 Å². The van der Waals surface area contributed by atoms with Gasteiger partial charge in [-0.05, 0) is 47.9 Å². The van der Waals surface area contributed by atoms with Gasteiger partial charge < -0.3 is 0 Å². The van der Waals surface area contributed by atoms with E-state index in [1.807, 2.05) is 24.3 Å². The normalized spacial score (nSPS) is 12.2. The lowest BCUT2D eigenvalue weighted by molar-refractivity contribution is 0.907. The molecule has 0 aromatic heterocycles. The maximum Gasteiger partial charge on any atom is 0.101 e. The Morgan fingerprint density at radius 3 is 0.833 bits per heavy atom. The van der Waals surface area contributed by atoms with Gasteiger partial charge in [-0.3, -0.25) is 0 Å². The Morgan fingerprint density at radius 1 is 0.458 bits per heavy atom. The van der Waals surface area contributed by atoms with Gasteiger partial charge in [0, 0.05) is 0 Å². The summed E-state index contributed by atoms with van der Waals surface area (Å²) in [5.74, 6) is 0. The number of hydrogen-bond acceptors (Lipinski definition) is 4. The molecule has 0 aliphatic heterocycles. The summed E-state index contributed by atoms with van der Waals surface area (Å²) in [6.45, 7) is 0. The molecule has 4 aliphatic carbocycles. The Labute approximate surface area is 140 Å². The molecule has 2 aromatic carbocycles. The molecule has 24 heavy (non-hydrogen) atoms. The number of nitriles is 4. The van der Waals surface area contributed by atoms with E-state index in [1.54, 1.807) is 0 Å². The van der Waals surface area contributed by atoms with Gasteiger partial charge in [-0.2, -0.15) is 21.0 Å². The van der Waals surface area contributed by atoms with Crippen LogP contribution in [-0.4, -0.2) is 0 Å². The predicted octanol–water partition coefficient (Wildman–Crippen LogP) is 3.06. The highest BCUT2D eigenvalue weighted by molar-refractivity contribution is 5.58. The standard InChI is InChI=1S/C20H12N4/c21-9-17-13-1-2-14(18(17)10-22)7-8-16-4-3-15(6-5-13)19(11-23)20(16)12-24/h1-4H,5-8H2. The lowest BCUT2D eigenvalue weighted by Gasteiger charge is -2.15. The Kier molecular flexibility index (Phi) is 3.99. The molecule has 2 aromatic rings. The van der Waals surface area contributed by atoms with Gasteiger partial charge in [-0.25, -0.2) is 0 Å². The molecule has 0 amide bonds. The maximum absolute atomic E-state index is 9.47. The summed E-state index contributed by atoms with van der Waals surface area (Å²) in [7, 11) is 0. The van der Waals surface area contributed by atoms with E-state index in [0.717, 1.165) is 22.3 Å². The van der Waals surface area contributed by atoms with Gasteiger partial charge in [0.25, 0.3) is 0 Å². The van der Waals surface area contributed by atoms with E-state index in [4.69, 9.17) is 0 Å². The van der Waals surface area contributed by atoms with Gasteiger partial charge in [0.05, 0.1) is 22.3 Å². The fraction of sp³-hybridized carbons (Fsp3) is 0.200. The zero-order valence-electron chi connectivity index (χ0n) is 12.9. The molecule has 112 valence electrons. The third-order valence-electron chi connectivity index (χ3n) is 4.53. The number of aryl methyl sites for hydroxylation is 4. The van der Waals surface area contributed by atoms with Crippen molar-refractivity contribution in [2.45, 2.75) is 25.7 Å². The quantitative estimate of drug-likeness (QED) is 0.747. The Bertz CT molecular complexity index is 839. The molecule has 0 saturated heterocycles. The van der Waals surface area contributed by atoms with Crippen LogP contribution in [0.5, 0.6) is 0 Å². The maximum atomic E-state index is 9.47. The SMILES string of the molecule is N#Cc1c2ccc(c1C#N)CCc1ccc(c(C#N)c1C#N)CC2. The van der Waals surface area contributed by atoms with Crippen LogP contribution in [0.3, 0.4) is 0 Å². The van der Waals surface area contributed by atoms with Crippen molar-refractivity contribution in [3.63, 3.8) is 0 Å². The highest BCUT2D eigenvalue weighted by Crippen LogP contribution is 2.26. The highest BCUT2D eigenvalue weighted by Gasteiger charge is 2.18. The smallest absolute Gasteiger partial charge is 0.101 e. The number of hydrogen-bond donors (Lipinski definition) is 0. The zero-order valence-corrected chi connectivity index (χ0v) is 12.9. The average molecular weight is 308 g/mol. The molecule has 0 N–H and O–H groups in total. The van der Waals surface area contributed by atoms with Crippen molar-refractivity contribution < 1.29 is 0 Å². The molecule has 0 saturated carbocycles. The van der Waals surface area contributed by atoms with Crippen LogP contribution in [0.1, 0.15) is 44.5 Å². The van der Waals surface area contributed by atoms with Crippen molar-refractivity contribution in [1.29, 1.82) is 21.0 Å². The van der Waals surface area contributed by atoms with Gasteiger partial charge in [-0.1, -0.05) is 24.3 Å². The van der Waals surface area contributed by atoms with Gasteiger partial charge in [-0.15, -0.1) is 0 Å². The zero-order chi connectivity index (χ0) is 17.1. The summed E-state index contributed by atoms with van der Waals surface area (Å²) in [6, 6.07) is 16.3. The first kappa shape index (κ1) is 15.3. The first-order valence-corrected chi connectivity index (χ1v) is 7.63. The van der Waals surface area contributed by atoms with Gasteiger partial charge in [0.15, 0.2) is 0 Å². The summed E-state index contributed by atoms with van der Waals surface area (Å²) in [5, 5.41) is 37.9. The van der Waals surface area contributed by atoms with Crippen molar-refractivity contribution in [3.8, 4) is 24.3 Å². The van der Waals surface area contributed by atoms with Crippen molar-refractivity contribution >= 4 is 0 Å². The van der Waals surface area contributed by atoms with Crippen LogP contribution in [0.25, 0.3) is 0 Å². The second-order valence-corrected chi connectivity index (χ2v) is 5.71. The summed E-state index contributed by atoms with van der Waals surface area (Å²) in [5.41, 5.74) is 4.98. The fourth-order valence-electron chi connectivity index (χ4n) is 3.26. The lowest BCUT2D eigenvalue weighted by atomic mass is 9.86. The molecule has 0 heterocycles. The van der Waals surface area contributed by atoms with E-state index in [-0.39, 0.29) is 0 Å². The van der Waals surface area contributed by atoms with E-state index < -0.39 is 0 Å². The van der Waals surface area contributed by atoms with Crippen LogP contribution in [0.15, 0.2) is 24.3 Å². The van der Waals surface area contributed by atoms with E-state index in [9.17, 15) is 21.0 Å². The first-order valence-electron chi connectivity index (χ1n) is 7.63. The third kappa shape index (κ3) is 2.38. The monoisotopic (exact) mass is 308 g/mol. The molecule has 0 fully saturated rings. The van der Waals surface area contributed by atoms with Gasteiger partial charge in [0.2, 0.25) is 0 Å². The van der Waals surface area contributed by atoms with E-state index in [0.29, 0.717) is 47.9 Å². The minimum atomic E-state index is 0.434. The van der Waals surface area contributed by atoms with Crippen LogP contribution in [0, 0.1) is 45.3 Å². The molecular weight excluding hydrogens is 296 g/mol. The molecule has 0 radical (unpaired) electrons. The molecule has 4 nitrogen and oxygen atoms in total. The predicted molar refractivity (Wildman–Crippen MR) is 86.6 cm³/mol. The molecule has 4 aliphatic rings. The van der Waals surface area contributed by atoms with E-state index >= 15 is 0 Å². The van der Waals surface area contributed by atoms with Crippen LogP contribution >= 0.6 is 0 Å². The lowest BCUT2D eigenvalue weighted by Crippen LogP contribution is -2.07. The Balaban J connectivity index is 2.23. The van der Waals surface area contributed by atoms with Gasteiger partial charge >= 0.3 is 0 Å². The molecule has 4 heteroatoms. The molecule has 0 atom stereocenters. The van der Waals surface area contributed by atoms with Crippen LogP contribution in [0.2, 0.25) is 0 Å². The average Bonchev–Trinajstić information content (AvgIpc) is 2.61. The van der Waals surface area contributed by atoms with E-state index in [1.165, 1.54) is 0 Å². The minimum Gasteiger partial charge on any atom is -0.192 e. The second-order valence-electron chi connectivity index (χ2n) is 5.71. The fourth-order valence-corrected chi connectivity index (χ4v) is 3.26. The summed E-state index contributed by atoms with van der Waals surface area (Å²) in [4.78, 5) is 0. The number of nitrogens with zero attached hydrogens (tertiary/aromatic N) is 4. The minimum absolute atomic E-state index is 0.434. The first-order chi connectivity index (χ1) is 11.7. The Morgan fingerprint density at radius 2 is 0.667 bits per heavy atom. The molecule has 0 unspecified atom stereocenters. The molecular formula is C20H12N4. The summed E-state index contributed by atoms with van der Waals surface area (Å²) in [6.07, 6.45) is 2.21. The van der Waals surface area contributed by atoms with Crippen LogP contribution in [0.4, 0.5) is 0 Å². The van der Waals surface area contributed by atoms with Crippen molar-refractivity contribution in [3.05, 3.63) is 68.8 Å². The topological polar surface area (TPSA) is 95.2 Å². The van der Waals surface area contributed by atoms with E-state index in [2.05, 4.69) is 24.3 Å². The third-order valence-corrected chi connectivity index (χ3v) is 4.53. The number of rotatable bonds is 0. The van der Waals surface area contributed by atoms with Crippen LogP contribution < -0.4 is 0 Å². The van der Waals surface area contributed by atoms with Crippen molar-refractivity contribution in [2.75, 3.05) is 0 Å². The molecule has 0 spiro atoms. The molecule has 4 bridgehead atoms. The summed E-state index contributed by atoms with van der Waals surface area (Å²) >= 11 is 0. The second kappa shape index (κ2) is 6.26. The van der Waals surface area contributed by atoms with Crippen LogP contribution in [-0.2, 0) is 25.7 Å². The van der Waals surface area contributed by atoms with Crippen molar-refractivity contribution in [2.24, 2.45) is 0 Å². The number of benzene rings is 2. The Hall–Kier alpha value is -3.60. The largest absolute Gasteiger partial charge is 0.192 e. The molecule has 6 rings (SSSR count). The van der Waals surface area contributed by atoms with Crippen molar-refractivity contribution in [1.82, 2.24) is 0 Å². The summed E-state index contributed by atoms with van der Waals surface area (Å²) < 4.78 is 0. The highest BCUT2D eigenvalue weighted by atomic mass is 14.3.